The number of hydrogen-bond donors (Lipinski definition) is 2. The van der Waals surface area contributed by atoms with Crippen LogP contribution in [-0.2, 0) is 4.79 Å². The van der Waals surface area contributed by atoms with Crippen molar-refractivity contribution in [2.24, 2.45) is 0 Å². The fraction of sp³-hybridized carbons (Fsp3) is 0.190. The van der Waals surface area contributed by atoms with Gasteiger partial charge in [-0.1, -0.05) is 29.8 Å². The van der Waals surface area contributed by atoms with Crippen LogP contribution in [0.25, 0.3) is 11.1 Å². The van der Waals surface area contributed by atoms with Crippen LogP contribution in [0.4, 0.5) is 10.9 Å². The minimum absolute atomic E-state index is 0.0669. The van der Waals surface area contributed by atoms with E-state index in [9.17, 15) is 15.3 Å². The molecular formula is C21H18N6OS2. The van der Waals surface area contributed by atoms with Gasteiger partial charge in [0.25, 0.3) is 0 Å². The van der Waals surface area contributed by atoms with E-state index in [2.05, 4.69) is 27.4 Å². The van der Waals surface area contributed by atoms with Crippen LogP contribution in [-0.4, -0.2) is 21.6 Å². The molecule has 1 amide bonds. The van der Waals surface area contributed by atoms with Crippen LogP contribution in [0.3, 0.4) is 0 Å². The highest BCUT2D eigenvalue weighted by Gasteiger charge is 2.20. The highest BCUT2D eigenvalue weighted by Crippen LogP contribution is 2.35. The van der Waals surface area contributed by atoms with Crippen LogP contribution >= 0.6 is 23.1 Å². The molecule has 0 saturated carbocycles. The van der Waals surface area contributed by atoms with Crippen LogP contribution in [0.2, 0.25) is 0 Å². The van der Waals surface area contributed by atoms with Crippen molar-refractivity contribution in [2.75, 3.05) is 16.8 Å². The SMILES string of the molecule is Cc1ccc(-c2c(C#N)c(N)nc(SCCC(=O)Nc3nc(C)cs3)c2C#N)cc1. The molecule has 7 nitrogen and oxygen atoms in total. The molecule has 0 aliphatic heterocycles. The summed E-state index contributed by atoms with van der Waals surface area (Å²) in [7, 11) is 0. The van der Waals surface area contributed by atoms with Crippen molar-refractivity contribution in [3.63, 3.8) is 0 Å². The summed E-state index contributed by atoms with van der Waals surface area (Å²) in [6, 6.07) is 11.7. The van der Waals surface area contributed by atoms with Gasteiger partial charge in [0.2, 0.25) is 5.91 Å². The second-order valence-corrected chi connectivity index (χ2v) is 8.40. The zero-order chi connectivity index (χ0) is 21.7. The second-order valence-electron chi connectivity index (χ2n) is 6.46. The average Bonchev–Trinajstić information content (AvgIpc) is 3.12. The first-order valence-corrected chi connectivity index (χ1v) is 10.8. The van der Waals surface area contributed by atoms with Gasteiger partial charge in [0.15, 0.2) is 5.13 Å². The number of pyridine rings is 1. The van der Waals surface area contributed by atoms with Crippen LogP contribution in [0.1, 0.15) is 28.8 Å². The van der Waals surface area contributed by atoms with E-state index in [1.807, 2.05) is 43.5 Å². The predicted molar refractivity (Wildman–Crippen MR) is 119 cm³/mol. The van der Waals surface area contributed by atoms with Crippen LogP contribution in [0.15, 0.2) is 34.7 Å². The van der Waals surface area contributed by atoms with Crippen molar-refractivity contribution in [2.45, 2.75) is 25.3 Å². The summed E-state index contributed by atoms with van der Waals surface area (Å²) in [5.74, 6) is 0.296. The van der Waals surface area contributed by atoms with Gasteiger partial charge in [-0.3, -0.25) is 4.79 Å². The number of nitrogens with one attached hydrogen (secondary N) is 1. The fourth-order valence-electron chi connectivity index (χ4n) is 2.75. The lowest BCUT2D eigenvalue weighted by Crippen LogP contribution is -2.12. The Morgan fingerprint density at radius 3 is 2.47 bits per heavy atom. The first-order chi connectivity index (χ1) is 14.4. The van der Waals surface area contributed by atoms with Gasteiger partial charge in [0, 0.05) is 23.1 Å². The zero-order valence-electron chi connectivity index (χ0n) is 16.4. The molecule has 2 heterocycles. The quantitative estimate of drug-likeness (QED) is 0.554. The number of aromatic nitrogens is 2. The monoisotopic (exact) mass is 434 g/mol. The number of nitrogens with zero attached hydrogens (tertiary/aromatic N) is 4. The van der Waals surface area contributed by atoms with Crippen molar-refractivity contribution in [1.29, 1.82) is 10.5 Å². The predicted octanol–water partition coefficient (Wildman–Crippen LogP) is 4.27. The third-order valence-electron chi connectivity index (χ3n) is 4.19. The Labute approximate surface area is 182 Å². The highest BCUT2D eigenvalue weighted by molar-refractivity contribution is 7.99. The molecule has 0 bridgehead atoms. The van der Waals surface area contributed by atoms with E-state index < -0.39 is 0 Å². The average molecular weight is 435 g/mol. The first kappa shape index (κ1) is 21.3. The normalized spacial score (nSPS) is 10.3. The molecule has 0 atom stereocenters. The Morgan fingerprint density at radius 2 is 1.87 bits per heavy atom. The second kappa shape index (κ2) is 9.40. The number of carbonyl (C=O) groups excluding carboxylic acids is 1. The molecule has 150 valence electrons. The summed E-state index contributed by atoms with van der Waals surface area (Å²) in [4.78, 5) is 20.6. The van der Waals surface area contributed by atoms with Gasteiger partial charge in [0.05, 0.1) is 11.3 Å². The molecule has 0 radical (unpaired) electrons. The number of amides is 1. The molecule has 2 aromatic heterocycles. The third kappa shape index (κ3) is 4.77. The number of aryl methyl sites for hydroxylation is 2. The minimum Gasteiger partial charge on any atom is -0.383 e. The maximum absolute atomic E-state index is 12.1. The molecule has 0 unspecified atom stereocenters. The van der Waals surface area contributed by atoms with Crippen LogP contribution in [0, 0.1) is 36.5 Å². The van der Waals surface area contributed by atoms with E-state index in [1.165, 1.54) is 23.1 Å². The molecule has 1 aromatic carbocycles. The Morgan fingerprint density at radius 1 is 1.17 bits per heavy atom. The summed E-state index contributed by atoms with van der Waals surface area (Å²) in [6.07, 6.45) is 0.218. The number of rotatable bonds is 6. The number of nitrogen functional groups attached to an aromatic ring is 1. The number of carbonyl (C=O) groups is 1. The summed E-state index contributed by atoms with van der Waals surface area (Å²) in [6.45, 7) is 3.82. The number of nitriles is 2. The standard InChI is InChI=1S/C21H18N6OS2/c1-12-3-5-14(6-4-12)18-15(9-22)19(24)27-20(16(18)10-23)29-8-7-17(28)26-21-25-13(2)11-30-21/h3-6,11H,7-8H2,1-2H3,(H2,24,27)(H,25,26,28). The van der Waals surface area contributed by atoms with Gasteiger partial charge in [-0.2, -0.15) is 10.5 Å². The molecule has 0 fully saturated rings. The van der Waals surface area contributed by atoms with Gasteiger partial charge in [-0.05, 0) is 19.4 Å². The van der Waals surface area contributed by atoms with Gasteiger partial charge >= 0.3 is 0 Å². The molecule has 0 aliphatic carbocycles. The summed E-state index contributed by atoms with van der Waals surface area (Å²) < 4.78 is 0. The molecule has 3 aromatic rings. The topological polar surface area (TPSA) is 128 Å². The van der Waals surface area contributed by atoms with E-state index in [1.54, 1.807) is 0 Å². The van der Waals surface area contributed by atoms with Crippen LogP contribution < -0.4 is 11.1 Å². The van der Waals surface area contributed by atoms with Crippen molar-refractivity contribution in [1.82, 2.24) is 9.97 Å². The molecule has 9 heteroatoms. The summed E-state index contributed by atoms with van der Waals surface area (Å²) in [5.41, 5.74) is 9.59. The molecule has 0 saturated heterocycles. The Kier molecular flexibility index (Phi) is 6.68. The van der Waals surface area contributed by atoms with E-state index >= 15 is 0 Å². The van der Waals surface area contributed by atoms with Crippen molar-refractivity contribution in [3.05, 3.63) is 52.0 Å². The number of thiazole rings is 1. The summed E-state index contributed by atoms with van der Waals surface area (Å²) >= 11 is 2.63. The van der Waals surface area contributed by atoms with Gasteiger partial charge in [-0.25, -0.2) is 9.97 Å². The molecule has 0 spiro atoms. The highest BCUT2D eigenvalue weighted by atomic mass is 32.2. The first-order valence-electron chi connectivity index (χ1n) is 8.98. The lowest BCUT2D eigenvalue weighted by molar-refractivity contribution is -0.115. The van der Waals surface area contributed by atoms with E-state index in [-0.39, 0.29) is 29.3 Å². The molecule has 3 N–H and O–H groups in total. The van der Waals surface area contributed by atoms with Crippen molar-refractivity contribution < 1.29 is 4.79 Å². The van der Waals surface area contributed by atoms with Gasteiger partial charge in [-0.15, -0.1) is 23.1 Å². The Hall–Kier alpha value is -3.40. The molecule has 0 aliphatic rings. The lowest BCUT2D eigenvalue weighted by Gasteiger charge is -2.13. The molecular weight excluding hydrogens is 416 g/mol. The van der Waals surface area contributed by atoms with Gasteiger partial charge in [0.1, 0.15) is 28.5 Å². The number of benzene rings is 1. The van der Waals surface area contributed by atoms with E-state index in [0.29, 0.717) is 21.5 Å². The lowest BCUT2D eigenvalue weighted by atomic mass is 9.96. The number of nitrogens with two attached hydrogens (primary N) is 1. The van der Waals surface area contributed by atoms with Crippen LogP contribution in [0.5, 0.6) is 0 Å². The smallest absolute Gasteiger partial charge is 0.226 e. The maximum Gasteiger partial charge on any atom is 0.226 e. The zero-order valence-corrected chi connectivity index (χ0v) is 18.0. The van der Waals surface area contributed by atoms with Gasteiger partial charge < -0.3 is 11.1 Å². The summed E-state index contributed by atoms with van der Waals surface area (Å²) in [5, 5.41) is 24.9. The molecule has 3 rings (SSSR count). The van der Waals surface area contributed by atoms with E-state index in [4.69, 9.17) is 5.73 Å². The van der Waals surface area contributed by atoms with Crippen molar-refractivity contribution in [3.8, 4) is 23.3 Å². The number of thioether (sulfide) groups is 1. The maximum atomic E-state index is 12.1. The Balaban J connectivity index is 1.83. The minimum atomic E-state index is -0.171. The fourth-order valence-corrected chi connectivity index (χ4v) is 4.39. The largest absolute Gasteiger partial charge is 0.383 e. The van der Waals surface area contributed by atoms with E-state index in [0.717, 1.165) is 16.8 Å². The number of anilines is 2. The molecule has 30 heavy (non-hydrogen) atoms. The Bertz CT molecular complexity index is 1170. The third-order valence-corrected chi connectivity index (χ3v) is 6.04. The number of hydrogen-bond acceptors (Lipinski definition) is 8. The van der Waals surface area contributed by atoms with Crippen molar-refractivity contribution >= 4 is 40.0 Å².